The lowest BCUT2D eigenvalue weighted by Crippen LogP contribution is -2.16. The number of nitrogens with zero attached hydrogens (tertiary/aromatic N) is 3. The molecule has 0 aliphatic rings. The first-order valence-corrected chi connectivity index (χ1v) is 9.73. The predicted octanol–water partition coefficient (Wildman–Crippen LogP) is 3.22. The highest BCUT2D eigenvalue weighted by Gasteiger charge is 2.19. The topological polar surface area (TPSA) is 86.1 Å². The minimum Gasteiger partial charge on any atom is -0.462 e. The molecule has 1 N–H and O–H groups in total. The Morgan fingerprint density at radius 2 is 2.12 bits per heavy atom. The van der Waals surface area contributed by atoms with Crippen LogP contribution in [0.2, 0.25) is 0 Å². The van der Waals surface area contributed by atoms with Gasteiger partial charge in [0.1, 0.15) is 10.8 Å². The molecule has 0 atom stereocenters. The highest BCUT2D eigenvalue weighted by atomic mass is 32.2. The van der Waals surface area contributed by atoms with Gasteiger partial charge < -0.3 is 14.6 Å². The van der Waals surface area contributed by atoms with Gasteiger partial charge in [0, 0.05) is 17.8 Å². The maximum absolute atomic E-state index is 12.2. The summed E-state index contributed by atoms with van der Waals surface area (Å²) in [4.78, 5) is 25.1. The Bertz CT molecular complexity index is 768. The smallest absolute Gasteiger partial charge is 0.341 e. The van der Waals surface area contributed by atoms with E-state index in [0.717, 1.165) is 10.7 Å². The summed E-state index contributed by atoms with van der Waals surface area (Å²) in [5, 5.41) is 12.2. The van der Waals surface area contributed by atoms with Gasteiger partial charge in [-0.1, -0.05) is 25.6 Å². The molecule has 0 aromatic carbocycles. The molecular weight excluding hydrogens is 360 g/mol. The Hall–Kier alpha value is -1.87. The molecular formula is C16H22N4O3S2. The highest BCUT2D eigenvalue weighted by molar-refractivity contribution is 7.99. The van der Waals surface area contributed by atoms with Gasteiger partial charge in [-0.3, -0.25) is 4.79 Å². The molecule has 25 heavy (non-hydrogen) atoms. The van der Waals surface area contributed by atoms with Crippen LogP contribution in [0.4, 0.5) is 5.00 Å². The third-order valence-corrected chi connectivity index (χ3v) is 5.31. The first kappa shape index (κ1) is 19.5. The molecule has 2 heterocycles. The summed E-state index contributed by atoms with van der Waals surface area (Å²) in [6.45, 7) is 8.01. The van der Waals surface area contributed by atoms with Crippen LogP contribution in [0.3, 0.4) is 0 Å². The zero-order valence-electron chi connectivity index (χ0n) is 15.0. The number of anilines is 1. The molecule has 2 rings (SSSR count). The molecule has 0 saturated carbocycles. The van der Waals surface area contributed by atoms with Gasteiger partial charge in [-0.15, -0.1) is 21.5 Å². The maximum Gasteiger partial charge on any atom is 0.341 e. The van der Waals surface area contributed by atoms with Crippen LogP contribution in [0.5, 0.6) is 0 Å². The Balaban J connectivity index is 2.00. The fraction of sp³-hybridized carbons (Fsp3) is 0.500. The van der Waals surface area contributed by atoms with E-state index in [1.54, 1.807) is 13.0 Å². The largest absolute Gasteiger partial charge is 0.462 e. The van der Waals surface area contributed by atoms with Crippen molar-refractivity contribution in [3.05, 3.63) is 22.3 Å². The zero-order chi connectivity index (χ0) is 18.6. The Morgan fingerprint density at radius 3 is 2.72 bits per heavy atom. The van der Waals surface area contributed by atoms with Gasteiger partial charge in [-0.05, 0) is 19.9 Å². The number of rotatable bonds is 7. The van der Waals surface area contributed by atoms with Crippen LogP contribution in [0.15, 0.2) is 11.2 Å². The molecule has 2 aromatic heterocycles. The number of carbonyl (C=O) groups excluding carboxylic acids is 2. The van der Waals surface area contributed by atoms with E-state index in [9.17, 15) is 9.59 Å². The molecule has 0 saturated heterocycles. The molecule has 0 aliphatic carbocycles. The van der Waals surface area contributed by atoms with Gasteiger partial charge in [0.25, 0.3) is 0 Å². The average molecular weight is 383 g/mol. The van der Waals surface area contributed by atoms with Crippen LogP contribution in [0.1, 0.15) is 47.7 Å². The number of carbonyl (C=O) groups is 2. The number of nitrogens with one attached hydrogen (secondary N) is 1. The van der Waals surface area contributed by atoms with Gasteiger partial charge in [0.15, 0.2) is 5.16 Å². The number of aryl methyl sites for hydroxylation is 1. The van der Waals surface area contributed by atoms with E-state index in [-0.39, 0.29) is 17.6 Å². The normalized spacial score (nSPS) is 11.0. The lowest BCUT2D eigenvalue weighted by Gasteiger charge is -2.07. The quantitative estimate of drug-likeness (QED) is 0.584. The fourth-order valence-corrected chi connectivity index (χ4v) is 3.85. The molecule has 0 aliphatic heterocycles. The molecule has 0 unspecified atom stereocenters. The Labute approximate surface area is 155 Å². The van der Waals surface area contributed by atoms with Crippen molar-refractivity contribution < 1.29 is 14.3 Å². The zero-order valence-corrected chi connectivity index (χ0v) is 16.6. The molecule has 2 aromatic rings. The summed E-state index contributed by atoms with van der Waals surface area (Å²) < 4.78 is 6.91. The molecule has 0 radical (unpaired) electrons. The number of thioether (sulfide) groups is 1. The fourth-order valence-electron chi connectivity index (χ4n) is 2.21. The first-order valence-electron chi connectivity index (χ1n) is 7.93. The highest BCUT2D eigenvalue weighted by Crippen LogP contribution is 2.29. The third kappa shape index (κ3) is 4.82. The summed E-state index contributed by atoms with van der Waals surface area (Å²) in [7, 11) is 1.89. The van der Waals surface area contributed by atoms with Crippen molar-refractivity contribution in [2.75, 3.05) is 17.7 Å². The number of hydrogen-bond acceptors (Lipinski definition) is 7. The van der Waals surface area contributed by atoms with Gasteiger partial charge in [0.05, 0.1) is 17.9 Å². The van der Waals surface area contributed by atoms with E-state index in [1.807, 2.05) is 32.4 Å². The minimum absolute atomic E-state index is 0.184. The summed E-state index contributed by atoms with van der Waals surface area (Å²) in [5.74, 6) is 0.697. The lowest BCUT2D eigenvalue weighted by atomic mass is 10.2. The first-order chi connectivity index (χ1) is 11.8. The lowest BCUT2D eigenvalue weighted by molar-refractivity contribution is -0.113. The summed E-state index contributed by atoms with van der Waals surface area (Å²) >= 11 is 2.66. The van der Waals surface area contributed by atoms with Crippen molar-refractivity contribution in [1.29, 1.82) is 0 Å². The number of amides is 1. The summed E-state index contributed by atoms with van der Waals surface area (Å²) in [5.41, 5.74) is 0.392. The molecule has 9 heteroatoms. The second kappa shape index (κ2) is 8.48. The van der Waals surface area contributed by atoms with Crippen LogP contribution in [-0.2, 0) is 16.6 Å². The summed E-state index contributed by atoms with van der Waals surface area (Å²) in [6, 6.07) is 1.73. The van der Waals surface area contributed by atoms with Crippen LogP contribution in [-0.4, -0.2) is 39.0 Å². The third-order valence-electron chi connectivity index (χ3n) is 3.32. The van der Waals surface area contributed by atoms with E-state index in [4.69, 9.17) is 4.74 Å². The molecule has 0 fully saturated rings. The van der Waals surface area contributed by atoms with Crippen molar-refractivity contribution in [3.63, 3.8) is 0 Å². The average Bonchev–Trinajstić information content (AvgIpc) is 3.08. The number of ether oxygens (including phenoxy) is 1. The maximum atomic E-state index is 12.2. The van der Waals surface area contributed by atoms with Gasteiger partial charge in [0.2, 0.25) is 5.91 Å². The van der Waals surface area contributed by atoms with Crippen molar-refractivity contribution >= 4 is 40.0 Å². The van der Waals surface area contributed by atoms with E-state index in [1.165, 1.54) is 23.1 Å². The van der Waals surface area contributed by atoms with Gasteiger partial charge in [-0.25, -0.2) is 4.79 Å². The van der Waals surface area contributed by atoms with Crippen molar-refractivity contribution in [3.8, 4) is 0 Å². The van der Waals surface area contributed by atoms with E-state index >= 15 is 0 Å². The van der Waals surface area contributed by atoms with Crippen molar-refractivity contribution in [2.24, 2.45) is 7.05 Å². The number of esters is 1. The minimum atomic E-state index is -0.426. The van der Waals surface area contributed by atoms with E-state index < -0.39 is 5.97 Å². The van der Waals surface area contributed by atoms with E-state index in [0.29, 0.717) is 22.3 Å². The standard InChI is InChI=1S/C16H22N4O3S2/c1-6-23-15(22)11-7-10(4)25-14(11)17-12(21)8-24-16-19-18-13(9(2)3)20(16)5/h7,9H,6,8H2,1-5H3,(H,17,21). The Kier molecular flexibility index (Phi) is 6.60. The molecule has 136 valence electrons. The number of aromatic nitrogens is 3. The van der Waals surface area contributed by atoms with Gasteiger partial charge in [-0.2, -0.15) is 0 Å². The van der Waals surface area contributed by atoms with Crippen LogP contribution in [0.25, 0.3) is 0 Å². The second-order valence-electron chi connectivity index (χ2n) is 5.71. The Morgan fingerprint density at radius 1 is 1.40 bits per heavy atom. The van der Waals surface area contributed by atoms with Gasteiger partial charge >= 0.3 is 5.97 Å². The van der Waals surface area contributed by atoms with Crippen molar-refractivity contribution in [1.82, 2.24) is 14.8 Å². The van der Waals surface area contributed by atoms with Crippen LogP contribution in [0, 0.1) is 6.92 Å². The van der Waals surface area contributed by atoms with E-state index in [2.05, 4.69) is 15.5 Å². The monoisotopic (exact) mass is 382 g/mol. The van der Waals surface area contributed by atoms with Crippen LogP contribution >= 0.6 is 23.1 Å². The second-order valence-corrected chi connectivity index (χ2v) is 7.91. The summed E-state index contributed by atoms with van der Waals surface area (Å²) in [6.07, 6.45) is 0. The SMILES string of the molecule is CCOC(=O)c1cc(C)sc1NC(=O)CSc1nnc(C(C)C)n1C. The molecule has 7 nitrogen and oxygen atoms in total. The predicted molar refractivity (Wildman–Crippen MR) is 99.5 cm³/mol. The number of thiophene rings is 1. The molecule has 1 amide bonds. The number of hydrogen-bond donors (Lipinski definition) is 1. The molecule has 0 spiro atoms. The van der Waals surface area contributed by atoms with Crippen LogP contribution < -0.4 is 5.32 Å². The van der Waals surface area contributed by atoms with Crippen molar-refractivity contribution in [2.45, 2.75) is 38.8 Å². The molecule has 0 bridgehead atoms.